The predicted octanol–water partition coefficient (Wildman–Crippen LogP) is 4.95. The fourth-order valence-corrected chi connectivity index (χ4v) is 2.86. The van der Waals surface area contributed by atoms with Crippen LogP contribution >= 0.6 is 0 Å². The fourth-order valence-electron chi connectivity index (χ4n) is 2.86. The number of fused-ring (bicyclic) bond motifs is 1. The molecule has 2 heterocycles. The first-order chi connectivity index (χ1) is 10.4. The van der Waals surface area contributed by atoms with E-state index in [1.165, 1.54) is 16.7 Å². The zero-order chi connectivity index (χ0) is 14.1. The number of benzene rings is 1. The van der Waals surface area contributed by atoms with Crippen LogP contribution in [-0.2, 0) is 0 Å². The van der Waals surface area contributed by atoms with Gasteiger partial charge in [0, 0.05) is 23.7 Å². The first kappa shape index (κ1) is 12.2. The number of aromatic nitrogens is 1. The van der Waals surface area contributed by atoms with Gasteiger partial charge in [-0.3, -0.25) is 4.98 Å². The Morgan fingerprint density at radius 2 is 1.95 bits per heavy atom. The molecule has 102 valence electrons. The molecule has 0 saturated carbocycles. The number of furan rings is 1. The molecule has 21 heavy (non-hydrogen) atoms. The summed E-state index contributed by atoms with van der Waals surface area (Å²) >= 11 is 0. The number of rotatable bonds is 2. The maximum atomic E-state index is 5.41. The minimum Gasteiger partial charge on any atom is -0.464 e. The molecule has 0 bridgehead atoms. The molecular weight excluding hydrogens is 258 g/mol. The van der Waals surface area contributed by atoms with Crippen molar-refractivity contribution in [3.05, 3.63) is 84.4 Å². The van der Waals surface area contributed by atoms with Gasteiger partial charge in [0.2, 0.25) is 0 Å². The second-order valence-corrected chi connectivity index (χ2v) is 5.32. The molecule has 0 aliphatic heterocycles. The van der Waals surface area contributed by atoms with Gasteiger partial charge in [0.15, 0.2) is 0 Å². The van der Waals surface area contributed by atoms with Crippen molar-refractivity contribution in [2.24, 2.45) is 0 Å². The van der Waals surface area contributed by atoms with Gasteiger partial charge in [0.05, 0.1) is 6.26 Å². The van der Waals surface area contributed by atoms with Gasteiger partial charge >= 0.3 is 0 Å². The Morgan fingerprint density at radius 1 is 1.05 bits per heavy atom. The average molecular weight is 273 g/mol. The molecule has 0 amide bonds. The molecule has 2 aromatic heterocycles. The van der Waals surface area contributed by atoms with Crippen LogP contribution in [0.5, 0.6) is 0 Å². The summed E-state index contributed by atoms with van der Waals surface area (Å²) in [6.45, 7) is 0. The van der Waals surface area contributed by atoms with E-state index in [4.69, 9.17) is 4.42 Å². The van der Waals surface area contributed by atoms with Crippen LogP contribution in [0.15, 0.2) is 77.7 Å². The lowest BCUT2D eigenvalue weighted by molar-refractivity contribution is 0.616. The normalized spacial score (nSPS) is 17.9. The highest BCUT2D eigenvalue weighted by Crippen LogP contribution is 2.32. The van der Waals surface area contributed by atoms with Crippen LogP contribution in [0.25, 0.3) is 16.5 Å². The Morgan fingerprint density at radius 3 is 2.86 bits per heavy atom. The fraction of sp³-hybridized carbons (Fsp3) is 0.105. The van der Waals surface area contributed by atoms with Crippen molar-refractivity contribution in [2.75, 3.05) is 0 Å². The van der Waals surface area contributed by atoms with E-state index in [1.54, 1.807) is 6.26 Å². The first-order valence-corrected chi connectivity index (χ1v) is 7.16. The molecular formula is C19H15NO. The first-order valence-electron chi connectivity index (χ1n) is 7.16. The third-order valence-electron chi connectivity index (χ3n) is 3.99. The third-order valence-corrected chi connectivity index (χ3v) is 3.99. The van der Waals surface area contributed by atoms with Crippen LogP contribution in [0.4, 0.5) is 0 Å². The second kappa shape index (κ2) is 5.06. The quantitative estimate of drug-likeness (QED) is 0.660. The van der Waals surface area contributed by atoms with Crippen LogP contribution in [0, 0.1) is 0 Å². The summed E-state index contributed by atoms with van der Waals surface area (Å²) in [5.41, 5.74) is 4.76. The molecule has 0 radical (unpaired) electrons. The molecule has 2 nitrogen and oxygen atoms in total. The molecule has 1 aliphatic rings. The molecule has 1 atom stereocenters. The van der Waals surface area contributed by atoms with Gasteiger partial charge in [0.25, 0.3) is 0 Å². The summed E-state index contributed by atoms with van der Waals surface area (Å²) in [5, 5.41) is 1.15. The summed E-state index contributed by atoms with van der Waals surface area (Å²) in [7, 11) is 0. The molecule has 0 spiro atoms. The van der Waals surface area contributed by atoms with Gasteiger partial charge in [-0.2, -0.15) is 0 Å². The van der Waals surface area contributed by atoms with Crippen molar-refractivity contribution in [2.45, 2.75) is 12.3 Å². The zero-order valence-electron chi connectivity index (χ0n) is 11.6. The second-order valence-electron chi connectivity index (χ2n) is 5.32. The van der Waals surface area contributed by atoms with Crippen LogP contribution < -0.4 is 0 Å². The minimum atomic E-state index is 0.424. The molecule has 1 aliphatic carbocycles. The molecule has 4 rings (SSSR count). The molecule has 0 N–H and O–H groups in total. The van der Waals surface area contributed by atoms with Crippen molar-refractivity contribution in [3.8, 4) is 0 Å². The topological polar surface area (TPSA) is 26.0 Å². The summed E-state index contributed by atoms with van der Waals surface area (Å²) in [4.78, 5) is 4.10. The highest BCUT2D eigenvalue weighted by Gasteiger charge is 2.13. The van der Waals surface area contributed by atoms with Gasteiger partial charge in [0.1, 0.15) is 5.58 Å². The van der Waals surface area contributed by atoms with E-state index in [2.05, 4.69) is 47.5 Å². The van der Waals surface area contributed by atoms with Crippen molar-refractivity contribution < 1.29 is 4.42 Å². The summed E-state index contributed by atoms with van der Waals surface area (Å²) in [6.07, 6.45) is 13.3. The number of allylic oxidation sites excluding steroid dienone is 4. The van der Waals surface area contributed by atoms with Gasteiger partial charge in [-0.05, 0) is 53.5 Å². The molecule has 0 fully saturated rings. The van der Waals surface area contributed by atoms with Crippen LogP contribution in [0.3, 0.4) is 0 Å². The van der Waals surface area contributed by atoms with Crippen molar-refractivity contribution >= 4 is 16.5 Å². The SMILES string of the molecule is C1=CC(c2ccc3occc3c2)=CC(c2ccncc2)C1. The standard InChI is InChI=1S/C19H15NO/c1-2-15(14-6-9-20-10-7-14)12-16(3-1)17-4-5-19-18(13-17)8-11-21-19/h1,3-13,15H,2H2. The summed E-state index contributed by atoms with van der Waals surface area (Å²) < 4.78 is 5.41. The maximum Gasteiger partial charge on any atom is 0.133 e. The van der Waals surface area contributed by atoms with Gasteiger partial charge in [-0.1, -0.05) is 24.3 Å². The van der Waals surface area contributed by atoms with E-state index < -0.39 is 0 Å². The predicted molar refractivity (Wildman–Crippen MR) is 84.9 cm³/mol. The van der Waals surface area contributed by atoms with E-state index in [-0.39, 0.29) is 0 Å². The number of hydrogen-bond donors (Lipinski definition) is 0. The zero-order valence-corrected chi connectivity index (χ0v) is 11.6. The highest BCUT2D eigenvalue weighted by molar-refractivity contribution is 5.85. The van der Waals surface area contributed by atoms with Crippen LogP contribution in [0.2, 0.25) is 0 Å². The molecule has 2 heteroatoms. The van der Waals surface area contributed by atoms with E-state index >= 15 is 0 Å². The molecule has 1 unspecified atom stereocenters. The average Bonchev–Trinajstić information content (AvgIpc) is 3.03. The third kappa shape index (κ3) is 2.29. The largest absolute Gasteiger partial charge is 0.464 e. The van der Waals surface area contributed by atoms with Crippen LogP contribution in [-0.4, -0.2) is 4.98 Å². The van der Waals surface area contributed by atoms with E-state index in [0.717, 1.165) is 17.4 Å². The molecule has 3 aromatic rings. The Balaban J connectivity index is 1.73. The van der Waals surface area contributed by atoms with Crippen molar-refractivity contribution in [3.63, 3.8) is 0 Å². The Hall–Kier alpha value is -2.61. The van der Waals surface area contributed by atoms with E-state index in [0.29, 0.717) is 5.92 Å². The Kier molecular flexibility index (Phi) is 2.93. The Labute approximate surface area is 123 Å². The smallest absolute Gasteiger partial charge is 0.133 e. The number of hydrogen-bond acceptors (Lipinski definition) is 2. The number of pyridine rings is 1. The van der Waals surface area contributed by atoms with E-state index in [9.17, 15) is 0 Å². The van der Waals surface area contributed by atoms with Crippen molar-refractivity contribution in [1.29, 1.82) is 0 Å². The van der Waals surface area contributed by atoms with E-state index in [1.807, 2.05) is 24.5 Å². The Bertz CT molecular complexity index is 827. The monoisotopic (exact) mass is 273 g/mol. The van der Waals surface area contributed by atoms with Gasteiger partial charge in [-0.25, -0.2) is 0 Å². The van der Waals surface area contributed by atoms with Gasteiger partial charge < -0.3 is 4.42 Å². The van der Waals surface area contributed by atoms with Crippen LogP contribution in [0.1, 0.15) is 23.5 Å². The number of nitrogens with zero attached hydrogens (tertiary/aromatic N) is 1. The van der Waals surface area contributed by atoms with Gasteiger partial charge in [-0.15, -0.1) is 0 Å². The summed E-state index contributed by atoms with van der Waals surface area (Å²) in [5.74, 6) is 0.424. The summed E-state index contributed by atoms with van der Waals surface area (Å²) in [6, 6.07) is 12.5. The lowest BCUT2D eigenvalue weighted by atomic mass is 9.88. The lowest BCUT2D eigenvalue weighted by Gasteiger charge is -2.17. The minimum absolute atomic E-state index is 0.424. The highest BCUT2D eigenvalue weighted by atomic mass is 16.3. The molecule has 0 saturated heterocycles. The maximum absolute atomic E-state index is 5.41. The molecule has 1 aromatic carbocycles. The van der Waals surface area contributed by atoms with Crippen molar-refractivity contribution in [1.82, 2.24) is 4.98 Å². The lowest BCUT2D eigenvalue weighted by Crippen LogP contribution is -1.99.